The second-order valence-corrected chi connectivity index (χ2v) is 5.59. The van der Waals surface area contributed by atoms with E-state index in [9.17, 15) is 8.78 Å². The van der Waals surface area contributed by atoms with Gasteiger partial charge in [-0.1, -0.05) is 19.9 Å². The first kappa shape index (κ1) is 13.5. The fourth-order valence-electron chi connectivity index (χ4n) is 2.65. The Labute approximate surface area is 108 Å². The van der Waals surface area contributed by atoms with Crippen LogP contribution in [0.4, 0.5) is 8.78 Å². The molecule has 0 bridgehead atoms. The third-order valence-electron chi connectivity index (χ3n) is 3.98. The predicted molar refractivity (Wildman–Crippen MR) is 69.4 cm³/mol. The quantitative estimate of drug-likeness (QED) is 0.817. The molecule has 1 aromatic rings. The third-order valence-corrected chi connectivity index (χ3v) is 3.98. The van der Waals surface area contributed by atoms with E-state index in [0.717, 1.165) is 13.1 Å². The van der Waals surface area contributed by atoms with Gasteiger partial charge in [0.05, 0.1) is 0 Å². The molecule has 0 heterocycles. The van der Waals surface area contributed by atoms with Crippen LogP contribution in [0.3, 0.4) is 0 Å². The highest BCUT2D eigenvalue weighted by atomic mass is 19.1. The lowest BCUT2D eigenvalue weighted by atomic mass is 9.78. The Hall–Kier alpha value is -0.960. The van der Waals surface area contributed by atoms with E-state index < -0.39 is 11.6 Å². The summed E-state index contributed by atoms with van der Waals surface area (Å²) in [5.41, 5.74) is 0.198. The molecule has 0 radical (unpaired) electrons. The van der Waals surface area contributed by atoms with Gasteiger partial charge in [0.25, 0.3) is 0 Å². The summed E-state index contributed by atoms with van der Waals surface area (Å²) in [7, 11) is 0. The van der Waals surface area contributed by atoms with Crippen LogP contribution in [-0.2, 0) is 6.42 Å². The Kier molecular flexibility index (Phi) is 4.00. The summed E-state index contributed by atoms with van der Waals surface area (Å²) >= 11 is 0. The standard InChI is InChI=1S/C15H21F2N/c1-3-18-10-15(2,11-7-8-11)9-12-13(16)5-4-6-14(12)17/h4-6,11,18H,3,7-10H2,1-2H3. The first-order chi connectivity index (χ1) is 8.57. The molecule has 1 unspecified atom stereocenters. The fourth-order valence-corrected chi connectivity index (χ4v) is 2.65. The van der Waals surface area contributed by atoms with Crippen molar-refractivity contribution in [2.75, 3.05) is 13.1 Å². The molecule has 1 fully saturated rings. The topological polar surface area (TPSA) is 12.0 Å². The number of hydrogen-bond donors (Lipinski definition) is 1. The van der Waals surface area contributed by atoms with Crippen LogP contribution in [-0.4, -0.2) is 13.1 Å². The molecule has 0 aliphatic heterocycles. The third kappa shape index (κ3) is 2.89. The first-order valence-corrected chi connectivity index (χ1v) is 6.70. The summed E-state index contributed by atoms with van der Waals surface area (Å²) in [6.45, 7) is 5.90. The van der Waals surface area contributed by atoms with Gasteiger partial charge in [-0.15, -0.1) is 0 Å². The normalized spacial score (nSPS) is 18.7. The van der Waals surface area contributed by atoms with Crippen LogP contribution >= 0.6 is 0 Å². The second kappa shape index (κ2) is 5.35. The van der Waals surface area contributed by atoms with Crippen molar-refractivity contribution in [1.82, 2.24) is 5.32 Å². The Morgan fingerprint density at radius 3 is 2.39 bits per heavy atom. The summed E-state index contributed by atoms with van der Waals surface area (Å²) in [5.74, 6) is -0.243. The molecule has 1 N–H and O–H groups in total. The fraction of sp³-hybridized carbons (Fsp3) is 0.600. The minimum Gasteiger partial charge on any atom is -0.316 e. The number of hydrogen-bond acceptors (Lipinski definition) is 1. The molecule has 1 atom stereocenters. The van der Waals surface area contributed by atoms with Crippen molar-refractivity contribution in [2.45, 2.75) is 33.1 Å². The van der Waals surface area contributed by atoms with Gasteiger partial charge >= 0.3 is 0 Å². The highest BCUT2D eigenvalue weighted by molar-refractivity contribution is 5.22. The zero-order valence-electron chi connectivity index (χ0n) is 11.1. The van der Waals surface area contributed by atoms with Crippen LogP contribution in [0.1, 0.15) is 32.3 Å². The highest BCUT2D eigenvalue weighted by Crippen LogP contribution is 2.47. The summed E-state index contributed by atoms with van der Waals surface area (Å²) in [5, 5.41) is 3.32. The highest BCUT2D eigenvalue weighted by Gasteiger charge is 2.41. The maximum absolute atomic E-state index is 13.7. The van der Waals surface area contributed by atoms with Crippen molar-refractivity contribution >= 4 is 0 Å². The number of halogens is 2. The van der Waals surface area contributed by atoms with Gasteiger partial charge in [-0.05, 0) is 49.3 Å². The van der Waals surface area contributed by atoms with E-state index in [1.165, 1.54) is 31.0 Å². The molecule has 2 rings (SSSR count). The lowest BCUT2D eigenvalue weighted by Crippen LogP contribution is -2.36. The molecule has 18 heavy (non-hydrogen) atoms. The van der Waals surface area contributed by atoms with E-state index >= 15 is 0 Å². The lowest BCUT2D eigenvalue weighted by molar-refractivity contribution is 0.251. The van der Waals surface area contributed by atoms with Crippen molar-refractivity contribution in [3.05, 3.63) is 35.4 Å². The van der Waals surface area contributed by atoms with Gasteiger partial charge in [0.2, 0.25) is 0 Å². The summed E-state index contributed by atoms with van der Waals surface area (Å²) < 4.78 is 27.5. The molecule has 3 heteroatoms. The van der Waals surface area contributed by atoms with Crippen LogP contribution in [0.5, 0.6) is 0 Å². The average molecular weight is 253 g/mol. The number of benzene rings is 1. The lowest BCUT2D eigenvalue weighted by Gasteiger charge is -2.30. The molecular weight excluding hydrogens is 232 g/mol. The molecular formula is C15H21F2N. The van der Waals surface area contributed by atoms with Crippen LogP contribution in [0, 0.1) is 23.0 Å². The smallest absolute Gasteiger partial charge is 0.129 e. The Bertz CT molecular complexity index is 395. The average Bonchev–Trinajstić information content (AvgIpc) is 3.16. The van der Waals surface area contributed by atoms with Crippen LogP contribution < -0.4 is 5.32 Å². The molecule has 0 aromatic heterocycles. The van der Waals surface area contributed by atoms with Gasteiger partial charge in [0, 0.05) is 12.1 Å². The molecule has 1 nitrogen and oxygen atoms in total. The maximum Gasteiger partial charge on any atom is 0.129 e. The van der Waals surface area contributed by atoms with Gasteiger partial charge in [0.1, 0.15) is 11.6 Å². The Balaban J connectivity index is 2.18. The van der Waals surface area contributed by atoms with E-state index in [4.69, 9.17) is 0 Å². The van der Waals surface area contributed by atoms with Crippen LogP contribution in [0.25, 0.3) is 0 Å². The first-order valence-electron chi connectivity index (χ1n) is 6.70. The summed E-state index contributed by atoms with van der Waals surface area (Å²) in [6, 6.07) is 4.12. The molecule has 0 amide bonds. The summed E-state index contributed by atoms with van der Waals surface area (Å²) in [6.07, 6.45) is 2.83. The van der Waals surface area contributed by atoms with Crippen molar-refractivity contribution < 1.29 is 8.78 Å². The van der Waals surface area contributed by atoms with E-state index in [0.29, 0.717) is 12.3 Å². The second-order valence-electron chi connectivity index (χ2n) is 5.59. The Morgan fingerprint density at radius 1 is 1.28 bits per heavy atom. The number of rotatable bonds is 6. The van der Waals surface area contributed by atoms with Crippen LogP contribution in [0.15, 0.2) is 18.2 Å². The zero-order valence-corrected chi connectivity index (χ0v) is 11.1. The minimum atomic E-state index is -0.418. The Morgan fingerprint density at radius 2 is 1.89 bits per heavy atom. The predicted octanol–water partition coefficient (Wildman–Crippen LogP) is 3.53. The van der Waals surface area contributed by atoms with E-state index in [-0.39, 0.29) is 11.0 Å². The van der Waals surface area contributed by atoms with Crippen molar-refractivity contribution in [2.24, 2.45) is 11.3 Å². The van der Waals surface area contributed by atoms with Gasteiger partial charge in [-0.3, -0.25) is 0 Å². The van der Waals surface area contributed by atoms with E-state index in [2.05, 4.69) is 19.2 Å². The molecule has 1 aliphatic carbocycles. The zero-order chi connectivity index (χ0) is 13.2. The molecule has 100 valence electrons. The van der Waals surface area contributed by atoms with E-state index in [1.54, 1.807) is 0 Å². The van der Waals surface area contributed by atoms with Crippen molar-refractivity contribution in [3.63, 3.8) is 0 Å². The SMILES string of the molecule is CCNCC(C)(Cc1c(F)cccc1F)C1CC1. The van der Waals surface area contributed by atoms with Crippen molar-refractivity contribution in [3.8, 4) is 0 Å². The van der Waals surface area contributed by atoms with E-state index in [1.807, 2.05) is 0 Å². The molecule has 0 saturated heterocycles. The number of nitrogens with one attached hydrogen (secondary N) is 1. The van der Waals surface area contributed by atoms with Gasteiger partial charge in [-0.2, -0.15) is 0 Å². The van der Waals surface area contributed by atoms with Crippen molar-refractivity contribution in [1.29, 1.82) is 0 Å². The van der Waals surface area contributed by atoms with Gasteiger partial charge in [0.15, 0.2) is 0 Å². The van der Waals surface area contributed by atoms with Gasteiger partial charge in [-0.25, -0.2) is 8.78 Å². The summed E-state index contributed by atoms with van der Waals surface area (Å²) in [4.78, 5) is 0. The minimum absolute atomic E-state index is 0.0426. The molecule has 1 saturated carbocycles. The molecule has 0 spiro atoms. The van der Waals surface area contributed by atoms with Gasteiger partial charge < -0.3 is 5.32 Å². The largest absolute Gasteiger partial charge is 0.316 e. The van der Waals surface area contributed by atoms with Crippen LogP contribution in [0.2, 0.25) is 0 Å². The maximum atomic E-state index is 13.7. The monoisotopic (exact) mass is 253 g/mol. The molecule has 1 aromatic carbocycles. The molecule has 1 aliphatic rings.